The van der Waals surface area contributed by atoms with E-state index in [2.05, 4.69) is 0 Å². The van der Waals surface area contributed by atoms with E-state index in [1.54, 1.807) is 0 Å². The molecule has 0 N–H and O–H groups in total. The molecule has 0 bridgehead atoms. The topological polar surface area (TPSA) is 46.6 Å². The van der Waals surface area contributed by atoms with Gasteiger partial charge in [0, 0.05) is 12.0 Å². The highest BCUT2D eigenvalue weighted by molar-refractivity contribution is 5.94. The molecule has 1 aliphatic heterocycles. The maximum atomic E-state index is 11.7. The van der Waals surface area contributed by atoms with Crippen LogP contribution in [0.4, 0.5) is 4.79 Å². The van der Waals surface area contributed by atoms with Gasteiger partial charge in [-0.2, -0.15) is 0 Å². The van der Waals surface area contributed by atoms with E-state index in [1.807, 2.05) is 20.8 Å². The largest absolute Gasteiger partial charge is 0.444 e. The molecule has 84 valence electrons. The molecule has 15 heavy (non-hydrogen) atoms. The zero-order valence-corrected chi connectivity index (χ0v) is 9.50. The molecule has 0 atom stereocenters. The highest BCUT2D eigenvalue weighted by atomic mass is 16.6. The smallest absolute Gasteiger partial charge is 0.410 e. The molecule has 1 spiro atoms. The minimum atomic E-state index is -0.487. The number of hydrogen-bond acceptors (Lipinski definition) is 3. The number of carbonyl (C=O) groups is 2. The van der Waals surface area contributed by atoms with Gasteiger partial charge in [-0.3, -0.25) is 9.69 Å². The van der Waals surface area contributed by atoms with Gasteiger partial charge in [-0.15, -0.1) is 0 Å². The minimum Gasteiger partial charge on any atom is -0.444 e. The molecule has 2 rings (SSSR count). The molecule has 2 aliphatic rings. The van der Waals surface area contributed by atoms with E-state index in [-0.39, 0.29) is 23.8 Å². The van der Waals surface area contributed by atoms with E-state index < -0.39 is 5.60 Å². The van der Waals surface area contributed by atoms with Crippen molar-refractivity contribution < 1.29 is 14.3 Å². The van der Waals surface area contributed by atoms with Crippen LogP contribution in [-0.2, 0) is 9.53 Å². The predicted molar refractivity (Wildman–Crippen MR) is 54.5 cm³/mol. The molecule has 2 fully saturated rings. The molecular weight excluding hydrogens is 194 g/mol. The number of carbonyl (C=O) groups excluding carboxylic acids is 2. The first-order valence-electron chi connectivity index (χ1n) is 5.34. The second-order valence-corrected chi connectivity index (χ2v) is 5.54. The fourth-order valence-electron chi connectivity index (χ4n) is 1.89. The number of nitrogens with zero attached hydrogens (tertiary/aromatic N) is 1. The van der Waals surface area contributed by atoms with Crippen LogP contribution in [0.3, 0.4) is 0 Å². The van der Waals surface area contributed by atoms with Crippen molar-refractivity contribution in [2.24, 2.45) is 5.41 Å². The standard InChI is InChI=1S/C11H17NO3/c1-10(2,3)15-9(14)12-6-8(13)11(7-12)4-5-11/h4-7H2,1-3H3. The summed E-state index contributed by atoms with van der Waals surface area (Å²) in [6.45, 7) is 6.27. The van der Waals surface area contributed by atoms with Crippen LogP contribution in [0.5, 0.6) is 0 Å². The lowest BCUT2D eigenvalue weighted by molar-refractivity contribution is -0.120. The molecule has 1 amide bonds. The quantitative estimate of drug-likeness (QED) is 0.611. The van der Waals surface area contributed by atoms with Crippen molar-refractivity contribution in [1.82, 2.24) is 4.90 Å². The highest BCUT2D eigenvalue weighted by Crippen LogP contribution is 2.50. The zero-order chi connectivity index (χ0) is 11.3. The van der Waals surface area contributed by atoms with E-state index in [0.717, 1.165) is 12.8 Å². The van der Waals surface area contributed by atoms with Crippen molar-refractivity contribution in [2.75, 3.05) is 13.1 Å². The van der Waals surface area contributed by atoms with Crippen LogP contribution >= 0.6 is 0 Å². The fourth-order valence-corrected chi connectivity index (χ4v) is 1.89. The van der Waals surface area contributed by atoms with E-state index in [0.29, 0.717) is 6.54 Å². The second-order valence-electron chi connectivity index (χ2n) is 5.54. The Balaban J connectivity index is 1.96. The summed E-state index contributed by atoms with van der Waals surface area (Å²) in [6, 6.07) is 0. The van der Waals surface area contributed by atoms with Gasteiger partial charge in [-0.1, -0.05) is 0 Å². The summed E-state index contributed by atoms with van der Waals surface area (Å²) in [5.74, 6) is 0.202. The second kappa shape index (κ2) is 2.97. The van der Waals surface area contributed by atoms with Crippen LogP contribution in [0.1, 0.15) is 33.6 Å². The lowest BCUT2D eigenvalue weighted by atomic mass is 10.1. The molecule has 0 aromatic rings. The third-order valence-electron chi connectivity index (χ3n) is 2.92. The first kappa shape index (κ1) is 10.5. The molecule has 0 aromatic carbocycles. The van der Waals surface area contributed by atoms with Gasteiger partial charge < -0.3 is 4.74 Å². The third kappa shape index (κ3) is 1.98. The number of Topliss-reactive ketones (excluding diaryl/α,β-unsaturated/α-hetero) is 1. The van der Waals surface area contributed by atoms with Gasteiger partial charge in [0.25, 0.3) is 0 Å². The molecular formula is C11H17NO3. The van der Waals surface area contributed by atoms with Gasteiger partial charge in [-0.25, -0.2) is 4.79 Å². The maximum absolute atomic E-state index is 11.7. The minimum absolute atomic E-state index is 0.184. The van der Waals surface area contributed by atoms with Crippen molar-refractivity contribution >= 4 is 11.9 Å². The van der Waals surface area contributed by atoms with Crippen LogP contribution in [-0.4, -0.2) is 35.5 Å². The summed E-state index contributed by atoms with van der Waals surface area (Å²) in [5, 5.41) is 0. The lowest BCUT2D eigenvalue weighted by Crippen LogP contribution is -2.35. The van der Waals surface area contributed by atoms with Crippen LogP contribution < -0.4 is 0 Å². The molecule has 0 aromatic heterocycles. The summed E-state index contributed by atoms with van der Waals surface area (Å²) in [6.07, 6.45) is 1.51. The highest BCUT2D eigenvalue weighted by Gasteiger charge is 2.56. The van der Waals surface area contributed by atoms with Crippen molar-refractivity contribution in [3.63, 3.8) is 0 Å². The van der Waals surface area contributed by atoms with Gasteiger partial charge in [0.05, 0.1) is 6.54 Å². The molecule has 1 saturated heterocycles. The Morgan fingerprint density at radius 2 is 2.00 bits per heavy atom. The number of amides is 1. The van der Waals surface area contributed by atoms with Crippen LogP contribution in [0.25, 0.3) is 0 Å². The number of ketones is 1. The van der Waals surface area contributed by atoms with Gasteiger partial charge in [0.1, 0.15) is 5.60 Å². The Labute approximate surface area is 89.6 Å². The van der Waals surface area contributed by atoms with Crippen molar-refractivity contribution in [1.29, 1.82) is 0 Å². The summed E-state index contributed by atoms with van der Waals surface area (Å²) in [5.41, 5.74) is -0.670. The monoisotopic (exact) mass is 211 g/mol. The van der Waals surface area contributed by atoms with Crippen molar-refractivity contribution in [2.45, 2.75) is 39.2 Å². The molecule has 0 radical (unpaired) electrons. The summed E-state index contributed by atoms with van der Waals surface area (Å²) in [7, 11) is 0. The van der Waals surface area contributed by atoms with Crippen LogP contribution in [0.15, 0.2) is 0 Å². The van der Waals surface area contributed by atoms with Gasteiger partial charge in [0.2, 0.25) is 0 Å². The number of rotatable bonds is 0. The maximum Gasteiger partial charge on any atom is 0.410 e. The van der Waals surface area contributed by atoms with Crippen molar-refractivity contribution in [3.05, 3.63) is 0 Å². The summed E-state index contributed by atoms with van der Waals surface area (Å²) >= 11 is 0. The average Bonchev–Trinajstić information content (AvgIpc) is 2.73. The summed E-state index contributed by atoms with van der Waals surface area (Å²) < 4.78 is 5.23. The SMILES string of the molecule is CC(C)(C)OC(=O)N1CC(=O)C2(CC2)C1. The van der Waals surface area contributed by atoms with E-state index in [9.17, 15) is 9.59 Å². The Morgan fingerprint density at radius 1 is 1.40 bits per heavy atom. The lowest BCUT2D eigenvalue weighted by Gasteiger charge is -2.23. The molecule has 1 saturated carbocycles. The molecule has 4 heteroatoms. The van der Waals surface area contributed by atoms with E-state index in [1.165, 1.54) is 4.90 Å². The first-order chi connectivity index (χ1) is 6.82. The number of ether oxygens (including phenoxy) is 1. The van der Waals surface area contributed by atoms with Gasteiger partial charge in [0.15, 0.2) is 5.78 Å². The fraction of sp³-hybridized carbons (Fsp3) is 0.818. The van der Waals surface area contributed by atoms with Crippen LogP contribution in [0, 0.1) is 5.41 Å². The van der Waals surface area contributed by atoms with E-state index >= 15 is 0 Å². The molecule has 1 aliphatic carbocycles. The Hall–Kier alpha value is -1.06. The number of hydrogen-bond donors (Lipinski definition) is 0. The molecule has 4 nitrogen and oxygen atoms in total. The Kier molecular flexibility index (Phi) is 2.07. The van der Waals surface area contributed by atoms with Gasteiger partial charge >= 0.3 is 6.09 Å². The molecule has 1 heterocycles. The third-order valence-corrected chi connectivity index (χ3v) is 2.92. The van der Waals surface area contributed by atoms with E-state index in [4.69, 9.17) is 4.74 Å². The van der Waals surface area contributed by atoms with Gasteiger partial charge in [-0.05, 0) is 33.6 Å². The Bertz CT molecular complexity index is 312. The number of likely N-dealkylation sites (tertiary alicyclic amines) is 1. The predicted octanol–water partition coefficient (Wildman–Crippen LogP) is 1.59. The zero-order valence-electron chi connectivity index (χ0n) is 9.50. The molecule has 0 unspecified atom stereocenters. The Morgan fingerprint density at radius 3 is 2.40 bits per heavy atom. The summed E-state index contributed by atoms with van der Waals surface area (Å²) in [4.78, 5) is 24.8. The van der Waals surface area contributed by atoms with Crippen molar-refractivity contribution in [3.8, 4) is 0 Å². The van der Waals surface area contributed by atoms with Crippen LogP contribution in [0.2, 0.25) is 0 Å². The average molecular weight is 211 g/mol. The normalized spacial score (nSPS) is 23.4. The first-order valence-corrected chi connectivity index (χ1v) is 5.34.